The summed E-state index contributed by atoms with van der Waals surface area (Å²) >= 11 is 0. The molecule has 12 heavy (non-hydrogen) atoms. The minimum absolute atomic E-state index is 0.0995. The van der Waals surface area contributed by atoms with Gasteiger partial charge in [-0.1, -0.05) is 6.08 Å². The second-order valence-electron chi connectivity index (χ2n) is 2.37. The molecule has 1 aromatic carbocycles. The van der Waals surface area contributed by atoms with Crippen LogP contribution in [0, 0.1) is 5.82 Å². The lowest BCUT2D eigenvalue weighted by atomic mass is 10.1. The lowest BCUT2D eigenvalue weighted by Crippen LogP contribution is -1.93. The van der Waals surface area contributed by atoms with Gasteiger partial charge in [0.25, 0.3) is 0 Å². The average molecular weight is 164 g/mol. The first kappa shape index (κ1) is 8.65. The van der Waals surface area contributed by atoms with Gasteiger partial charge in [-0.2, -0.15) is 0 Å². The van der Waals surface area contributed by atoms with Crippen LogP contribution in [0.25, 0.3) is 0 Å². The van der Waals surface area contributed by atoms with E-state index in [1.165, 1.54) is 30.3 Å². The van der Waals surface area contributed by atoms with Gasteiger partial charge >= 0.3 is 0 Å². The standard InChI is InChI=1S/C10H9FO/c1-2-3-10(12)8-4-6-9(11)7-5-8/h2-7H,1H3/b3-2-. The monoisotopic (exact) mass is 164 g/mol. The third kappa shape index (κ3) is 2.02. The minimum Gasteiger partial charge on any atom is -0.289 e. The zero-order chi connectivity index (χ0) is 8.97. The molecule has 0 unspecified atom stereocenters. The van der Waals surface area contributed by atoms with Crippen LogP contribution in [-0.2, 0) is 0 Å². The molecule has 0 saturated heterocycles. The highest BCUT2D eigenvalue weighted by atomic mass is 19.1. The SMILES string of the molecule is C/C=C\C(=O)c1ccc(F)cc1. The molecule has 2 heteroatoms. The molecule has 0 aromatic heterocycles. The van der Waals surface area contributed by atoms with E-state index in [-0.39, 0.29) is 11.6 Å². The van der Waals surface area contributed by atoms with E-state index in [1.807, 2.05) is 0 Å². The predicted octanol–water partition coefficient (Wildman–Crippen LogP) is 2.58. The van der Waals surface area contributed by atoms with Crippen LogP contribution in [0.4, 0.5) is 4.39 Å². The van der Waals surface area contributed by atoms with Crippen molar-refractivity contribution >= 4 is 5.78 Å². The summed E-state index contributed by atoms with van der Waals surface area (Å²) in [5, 5.41) is 0. The third-order valence-corrected chi connectivity index (χ3v) is 1.45. The van der Waals surface area contributed by atoms with Crippen LogP contribution in [-0.4, -0.2) is 5.78 Å². The Morgan fingerprint density at radius 1 is 1.33 bits per heavy atom. The van der Waals surface area contributed by atoms with E-state index in [1.54, 1.807) is 13.0 Å². The van der Waals surface area contributed by atoms with E-state index < -0.39 is 0 Å². The number of halogens is 1. The van der Waals surface area contributed by atoms with Crippen molar-refractivity contribution < 1.29 is 9.18 Å². The van der Waals surface area contributed by atoms with Crippen LogP contribution >= 0.6 is 0 Å². The van der Waals surface area contributed by atoms with Crippen molar-refractivity contribution in [3.63, 3.8) is 0 Å². The average Bonchev–Trinajstić information content (AvgIpc) is 2.06. The van der Waals surface area contributed by atoms with Crippen molar-refractivity contribution in [1.29, 1.82) is 0 Å². The van der Waals surface area contributed by atoms with Gasteiger partial charge in [0.2, 0.25) is 0 Å². The van der Waals surface area contributed by atoms with Gasteiger partial charge in [0, 0.05) is 5.56 Å². The smallest absolute Gasteiger partial charge is 0.185 e. The van der Waals surface area contributed by atoms with Crippen molar-refractivity contribution in [2.45, 2.75) is 6.92 Å². The molecule has 0 fully saturated rings. The lowest BCUT2D eigenvalue weighted by Gasteiger charge is -1.93. The summed E-state index contributed by atoms with van der Waals surface area (Å²) in [6, 6.07) is 5.49. The van der Waals surface area contributed by atoms with Gasteiger partial charge in [0.05, 0.1) is 0 Å². The van der Waals surface area contributed by atoms with E-state index in [2.05, 4.69) is 0 Å². The van der Waals surface area contributed by atoms with Crippen molar-refractivity contribution in [2.75, 3.05) is 0 Å². The van der Waals surface area contributed by atoms with Gasteiger partial charge in [-0.05, 0) is 37.3 Å². The largest absolute Gasteiger partial charge is 0.289 e. The zero-order valence-corrected chi connectivity index (χ0v) is 6.75. The fourth-order valence-electron chi connectivity index (χ4n) is 0.862. The normalized spacial score (nSPS) is 10.5. The Balaban J connectivity index is 2.90. The zero-order valence-electron chi connectivity index (χ0n) is 6.75. The molecule has 1 rings (SSSR count). The van der Waals surface area contributed by atoms with Crippen LogP contribution < -0.4 is 0 Å². The lowest BCUT2D eigenvalue weighted by molar-refractivity contribution is 0.104. The summed E-state index contributed by atoms with van der Waals surface area (Å²) in [7, 11) is 0. The first-order valence-corrected chi connectivity index (χ1v) is 3.66. The number of ketones is 1. The molecule has 0 aliphatic carbocycles. The highest BCUT2D eigenvalue weighted by Crippen LogP contribution is 2.03. The quantitative estimate of drug-likeness (QED) is 0.485. The summed E-state index contributed by atoms with van der Waals surface area (Å²) < 4.78 is 12.4. The van der Waals surface area contributed by atoms with E-state index in [9.17, 15) is 9.18 Å². The molecular weight excluding hydrogens is 155 g/mol. The Morgan fingerprint density at radius 2 is 1.92 bits per heavy atom. The van der Waals surface area contributed by atoms with Crippen molar-refractivity contribution in [1.82, 2.24) is 0 Å². The molecule has 0 aliphatic rings. The second kappa shape index (κ2) is 3.81. The number of hydrogen-bond donors (Lipinski definition) is 0. The van der Waals surface area contributed by atoms with E-state index in [0.717, 1.165) is 0 Å². The molecular formula is C10H9FO. The molecule has 0 radical (unpaired) electrons. The van der Waals surface area contributed by atoms with Crippen molar-refractivity contribution in [2.24, 2.45) is 0 Å². The van der Waals surface area contributed by atoms with Gasteiger partial charge in [-0.25, -0.2) is 4.39 Å². The number of rotatable bonds is 2. The van der Waals surface area contributed by atoms with Crippen LogP contribution in [0.3, 0.4) is 0 Å². The van der Waals surface area contributed by atoms with Gasteiger partial charge in [0.1, 0.15) is 5.82 Å². The van der Waals surface area contributed by atoms with Crippen molar-refractivity contribution in [3.8, 4) is 0 Å². The first-order chi connectivity index (χ1) is 5.74. The maximum Gasteiger partial charge on any atom is 0.185 e. The van der Waals surface area contributed by atoms with E-state index in [4.69, 9.17) is 0 Å². The topological polar surface area (TPSA) is 17.1 Å². The van der Waals surface area contributed by atoms with Gasteiger partial charge in [0.15, 0.2) is 5.78 Å². The Morgan fingerprint density at radius 3 is 2.42 bits per heavy atom. The maximum absolute atomic E-state index is 12.4. The molecule has 0 N–H and O–H groups in total. The molecule has 62 valence electrons. The summed E-state index contributed by atoms with van der Waals surface area (Å²) in [5.74, 6) is -0.426. The fraction of sp³-hybridized carbons (Fsp3) is 0.100. The van der Waals surface area contributed by atoms with Gasteiger partial charge < -0.3 is 0 Å². The number of carbonyl (C=O) groups is 1. The maximum atomic E-state index is 12.4. The number of carbonyl (C=O) groups excluding carboxylic acids is 1. The Labute approximate surface area is 70.5 Å². The third-order valence-electron chi connectivity index (χ3n) is 1.45. The van der Waals surface area contributed by atoms with Crippen LogP contribution in [0.15, 0.2) is 36.4 Å². The number of hydrogen-bond acceptors (Lipinski definition) is 1. The predicted molar refractivity (Wildman–Crippen MR) is 45.5 cm³/mol. The molecule has 0 atom stereocenters. The molecule has 0 spiro atoms. The molecule has 0 aliphatic heterocycles. The fourth-order valence-corrected chi connectivity index (χ4v) is 0.862. The molecule has 0 heterocycles. The Bertz CT molecular complexity index is 298. The molecule has 0 bridgehead atoms. The molecule has 0 saturated carbocycles. The first-order valence-electron chi connectivity index (χ1n) is 3.66. The molecule has 0 amide bonds. The molecule has 1 aromatic rings. The van der Waals surface area contributed by atoms with Gasteiger partial charge in [-0.15, -0.1) is 0 Å². The second-order valence-corrected chi connectivity index (χ2v) is 2.37. The van der Waals surface area contributed by atoms with Crippen LogP contribution in [0.1, 0.15) is 17.3 Å². The number of benzene rings is 1. The van der Waals surface area contributed by atoms with E-state index in [0.29, 0.717) is 5.56 Å². The number of allylic oxidation sites excluding steroid dienone is 2. The summed E-state index contributed by atoms with van der Waals surface area (Å²) in [6.07, 6.45) is 3.11. The van der Waals surface area contributed by atoms with Crippen LogP contribution in [0.5, 0.6) is 0 Å². The van der Waals surface area contributed by atoms with Crippen molar-refractivity contribution in [3.05, 3.63) is 47.8 Å². The highest BCUT2D eigenvalue weighted by molar-refractivity contribution is 6.04. The van der Waals surface area contributed by atoms with E-state index >= 15 is 0 Å². The minimum atomic E-state index is -0.327. The highest BCUT2D eigenvalue weighted by Gasteiger charge is 1.99. The summed E-state index contributed by atoms with van der Waals surface area (Å²) in [5.41, 5.74) is 0.509. The van der Waals surface area contributed by atoms with Gasteiger partial charge in [-0.3, -0.25) is 4.79 Å². The van der Waals surface area contributed by atoms with Crippen LogP contribution in [0.2, 0.25) is 0 Å². The summed E-state index contributed by atoms with van der Waals surface area (Å²) in [6.45, 7) is 1.77. The Kier molecular flexibility index (Phi) is 2.75. The summed E-state index contributed by atoms with van der Waals surface area (Å²) in [4.78, 5) is 11.1. The Hall–Kier alpha value is -1.44. The molecule has 1 nitrogen and oxygen atoms in total.